The maximum atomic E-state index is 12.3. The molecule has 1 aliphatic carbocycles. The van der Waals surface area contributed by atoms with Crippen LogP contribution in [0, 0.1) is 16.0 Å². The maximum absolute atomic E-state index is 12.3. The normalized spacial score (nSPS) is 24.8. The van der Waals surface area contributed by atoms with Crippen LogP contribution >= 0.6 is 0 Å². The summed E-state index contributed by atoms with van der Waals surface area (Å²) in [7, 11) is 0. The molecule has 0 spiro atoms. The molecule has 2 atom stereocenters. The number of aromatic nitrogens is 2. The zero-order chi connectivity index (χ0) is 16.0. The van der Waals surface area contributed by atoms with E-state index in [2.05, 4.69) is 9.97 Å². The summed E-state index contributed by atoms with van der Waals surface area (Å²) in [5.41, 5.74) is 2.00. The first-order chi connectivity index (χ1) is 11.1. The van der Waals surface area contributed by atoms with Crippen LogP contribution in [0.15, 0.2) is 24.3 Å². The van der Waals surface area contributed by atoms with Crippen LogP contribution in [0.1, 0.15) is 31.0 Å². The summed E-state index contributed by atoms with van der Waals surface area (Å²) in [4.78, 5) is 32.4. The first kappa shape index (κ1) is 14.2. The fraction of sp³-hybridized carbons (Fsp3) is 0.500. The zero-order valence-corrected chi connectivity index (χ0v) is 12.6. The van der Waals surface area contributed by atoms with E-state index in [9.17, 15) is 14.9 Å². The van der Waals surface area contributed by atoms with Crippen molar-refractivity contribution in [2.24, 2.45) is 5.92 Å². The number of fused-ring (bicyclic) bond motifs is 1. The Labute approximate surface area is 132 Å². The molecule has 0 radical (unpaired) electrons. The van der Waals surface area contributed by atoms with Gasteiger partial charge < -0.3 is 9.88 Å². The highest BCUT2D eigenvalue weighted by molar-refractivity contribution is 5.82. The highest BCUT2D eigenvalue weighted by atomic mass is 16.6. The quantitative estimate of drug-likeness (QED) is 0.692. The summed E-state index contributed by atoms with van der Waals surface area (Å²) in [6.07, 6.45) is 2.10. The molecular formula is C16H18N4O3. The molecule has 4 rings (SSSR count). The molecule has 7 heteroatoms. The minimum absolute atomic E-state index is 0.0465. The zero-order valence-electron chi connectivity index (χ0n) is 12.6. The number of imidazole rings is 1. The lowest BCUT2D eigenvalue weighted by molar-refractivity contribution is -0.497. The molecule has 1 aromatic carbocycles. The van der Waals surface area contributed by atoms with Gasteiger partial charge in [-0.25, -0.2) is 4.98 Å². The number of para-hydroxylation sites is 2. The van der Waals surface area contributed by atoms with Gasteiger partial charge in [-0.15, -0.1) is 0 Å². The van der Waals surface area contributed by atoms with Crippen molar-refractivity contribution in [2.75, 3.05) is 13.1 Å². The molecule has 1 amide bonds. The number of hydrogen-bond donors (Lipinski definition) is 1. The number of hydrogen-bond acceptors (Lipinski definition) is 4. The van der Waals surface area contributed by atoms with Crippen LogP contribution < -0.4 is 0 Å². The topological polar surface area (TPSA) is 92.1 Å². The van der Waals surface area contributed by atoms with E-state index in [1.807, 2.05) is 24.3 Å². The van der Waals surface area contributed by atoms with Gasteiger partial charge in [0.1, 0.15) is 11.7 Å². The minimum atomic E-state index is -0.657. The number of carbonyl (C=O) groups excluding carboxylic acids is 1. The van der Waals surface area contributed by atoms with Crippen LogP contribution in [0.5, 0.6) is 0 Å². The molecule has 1 aliphatic heterocycles. The van der Waals surface area contributed by atoms with E-state index in [4.69, 9.17) is 0 Å². The van der Waals surface area contributed by atoms with E-state index in [0.29, 0.717) is 25.4 Å². The average molecular weight is 314 g/mol. The minimum Gasteiger partial charge on any atom is -0.342 e. The molecule has 7 nitrogen and oxygen atoms in total. The molecule has 2 aromatic rings. The number of carbonyl (C=O) groups is 1. The number of H-pyrrole nitrogens is 1. The van der Waals surface area contributed by atoms with Crippen molar-refractivity contribution in [2.45, 2.75) is 31.2 Å². The van der Waals surface area contributed by atoms with E-state index in [-0.39, 0.29) is 10.8 Å². The van der Waals surface area contributed by atoms with Crippen molar-refractivity contribution >= 4 is 16.9 Å². The van der Waals surface area contributed by atoms with Gasteiger partial charge in [0.2, 0.25) is 11.9 Å². The monoisotopic (exact) mass is 314 g/mol. The van der Waals surface area contributed by atoms with Crippen molar-refractivity contribution in [3.63, 3.8) is 0 Å². The van der Waals surface area contributed by atoms with Crippen LogP contribution in [-0.2, 0) is 4.79 Å². The predicted molar refractivity (Wildman–Crippen MR) is 83.5 cm³/mol. The SMILES string of the molecule is O=C([C@@H]1C[C@@H]1[N+](=O)[O-])N1CCC(c2nc3ccccc3[nH]2)CC1. The van der Waals surface area contributed by atoms with Crippen molar-refractivity contribution in [1.29, 1.82) is 0 Å². The first-order valence-corrected chi connectivity index (χ1v) is 8.00. The largest absolute Gasteiger partial charge is 0.342 e. The van der Waals surface area contributed by atoms with Crippen molar-refractivity contribution in [3.8, 4) is 0 Å². The third-order valence-electron chi connectivity index (χ3n) is 4.95. The molecule has 1 saturated carbocycles. The van der Waals surface area contributed by atoms with Crippen LogP contribution in [0.3, 0.4) is 0 Å². The van der Waals surface area contributed by atoms with Crippen molar-refractivity contribution in [1.82, 2.24) is 14.9 Å². The van der Waals surface area contributed by atoms with Crippen LogP contribution in [-0.4, -0.2) is 44.8 Å². The summed E-state index contributed by atoms with van der Waals surface area (Å²) in [6.45, 7) is 1.31. The second-order valence-electron chi connectivity index (χ2n) is 6.43. The molecule has 2 aliphatic rings. The summed E-state index contributed by atoms with van der Waals surface area (Å²) in [5.74, 6) is 0.854. The van der Waals surface area contributed by atoms with Gasteiger partial charge in [-0.05, 0) is 25.0 Å². The number of nitrogens with zero attached hydrogens (tertiary/aromatic N) is 3. The van der Waals surface area contributed by atoms with Crippen LogP contribution in [0.4, 0.5) is 0 Å². The highest BCUT2D eigenvalue weighted by Gasteiger charge is 2.54. The molecule has 1 N–H and O–H groups in total. The summed E-state index contributed by atoms with van der Waals surface area (Å²) >= 11 is 0. The van der Waals surface area contributed by atoms with E-state index in [1.165, 1.54) is 0 Å². The smallest absolute Gasteiger partial charge is 0.232 e. The van der Waals surface area contributed by atoms with E-state index >= 15 is 0 Å². The maximum Gasteiger partial charge on any atom is 0.232 e. The third kappa shape index (κ3) is 2.56. The lowest BCUT2D eigenvalue weighted by Gasteiger charge is -2.31. The van der Waals surface area contributed by atoms with Crippen LogP contribution in [0.2, 0.25) is 0 Å². The lowest BCUT2D eigenvalue weighted by Crippen LogP contribution is -2.39. The number of nitro groups is 1. The molecular weight excluding hydrogens is 296 g/mol. The van der Waals surface area contributed by atoms with Gasteiger partial charge in [-0.1, -0.05) is 12.1 Å². The Morgan fingerprint density at radius 3 is 2.70 bits per heavy atom. The number of aromatic amines is 1. The average Bonchev–Trinajstić information content (AvgIpc) is 3.26. The Bertz CT molecular complexity index is 731. The Kier molecular flexibility index (Phi) is 3.28. The molecule has 23 heavy (non-hydrogen) atoms. The van der Waals surface area contributed by atoms with Gasteiger partial charge in [-0.3, -0.25) is 14.9 Å². The Morgan fingerprint density at radius 2 is 2.04 bits per heavy atom. The van der Waals surface area contributed by atoms with E-state index in [0.717, 1.165) is 29.7 Å². The molecule has 1 aromatic heterocycles. The van der Waals surface area contributed by atoms with Crippen molar-refractivity contribution in [3.05, 3.63) is 40.2 Å². The third-order valence-corrected chi connectivity index (χ3v) is 4.95. The fourth-order valence-electron chi connectivity index (χ4n) is 3.45. The standard InChI is InChI=1S/C16H18N4O3/c21-16(11-9-14(11)20(22)23)19-7-5-10(6-8-19)15-17-12-3-1-2-4-13(12)18-15/h1-4,10-11,14H,5-9H2,(H,17,18)/t11-,14+/m1/s1. The Balaban J connectivity index is 1.39. The predicted octanol–water partition coefficient (Wildman–Crippen LogP) is 1.93. The number of likely N-dealkylation sites (tertiary alicyclic amines) is 1. The fourth-order valence-corrected chi connectivity index (χ4v) is 3.45. The van der Waals surface area contributed by atoms with Gasteiger partial charge in [-0.2, -0.15) is 0 Å². The molecule has 0 bridgehead atoms. The number of amides is 1. The van der Waals surface area contributed by atoms with Gasteiger partial charge >= 0.3 is 0 Å². The second kappa shape index (κ2) is 5.33. The number of piperidine rings is 1. The number of nitrogens with one attached hydrogen (secondary N) is 1. The Hall–Kier alpha value is -2.44. The first-order valence-electron chi connectivity index (χ1n) is 8.00. The summed E-state index contributed by atoms with van der Waals surface area (Å²) < 4.78 is 0. The number of rotatable bonds is 3. The van der Waals surface area contributed by atoms with E-state index < -0.39 is 12.0 Å². The molecule has 2 heterocycles. The molecule has 2 fully saturated rings. The molecule has 0 unspecified atom stereocenters. The van der Waals surface area contributed by atoms with Gasteiger partial charge in [0.25, 0.3) is 0 Å². The highest BCUT2D eigenvalue weighted by Crippen LogP contribution is 2.36. The van der Waals surface area contributed by atoms with Crippen molar-refractivity contribution < 1.29 is 9.72 Å². The lowest BCUT2D eigenvalue weighted by atomic mass is 9.96. The Morgan fingerprint density at radius 1 is 1.30 bits per heavy atom. The van der Waals surface area contributed by atoms with E-state index in [1.54, 1.807) is 4.90 Å². The van der Waals surface area contributed by atoms with Crippen LogP contribution in [0.25, 0.3) is 11.0 Å². The summed E-state index contributed by atoms with van der Waals surface area (Å²) in [5, 5.41) is 10.7. The summed E-state index contributed by atoms with van der Waals surface area (Å²) in [6, 6.07) is 7.28. The molecule has 120 valence electrons. The second-order valence-corrected chi connectivity index (χ2v) is 6.43. The van der Waals surface area contributed by atoms with Gasteiger partial charge in [0, 0.05) is 30.4 Å². The van der Waals surface area contributed by atoms with Gasteiger partial charge in [0.15, 0.2) is 0 Å². The van der Waals surface area contributed by atoms with Gasteiger partial charge in [0.05, 0.1) is 11.0 Å². The number of benzene rings is 1. The molecule has 1 saturated heterocycles.